The van der Waals surface area contributed by atoms with Crippen LogP contribution >= 0.6 is 0 Å². The third kappa shape index (κ3) is 8.68. The Morgan fingerprint density at radius 2 is 1.03 bits per heavy atom. The maximum absolute atomic E-state index is 7.43. The molecule has 0 radical (unpaired) electrons. The lowest BCUT2D eigenvalue weighted by Crippen LogP contribution is -2.51. The summed E-state index contributed by atoms with van der Waals surface area (Å²) >= 11 is 0. The van der Waals surface area contributed by atoms with E-state index in [0.29, 0.717) is 6.54 Å². The van der Waals surface area contributed by atoms with E-state index in [1.807, 2.05) is 0 Å². The molecule has 0 aliphatic rings. The van der Waals surface area contributed by atoms with Gasteiger partial charge in [-0.1, -0.05) is 121 Å². The fourth-order valence-corrected chi connectivity index (χ4v) is 5.40. The first-order valence-electron chi connectivity index (χ1n) is 13.5. The van der Waals surface area contributed by atoms with Gasteiger partial charge >= 0.3 is 0 Å². The van der Waals surface area contributed by atoms with Crippen molar-refractivity contribution in [3.63, 3.8) is 0 Å². The topological polar surface area (TPSA) is 55.3 Å². The van der Waals surface area contributed by atoms with E-state index >= 15 is 0 Å². The lowest BCUT2D eigenvalue weighted by Gasteiger charge is -2.39. The van der Waals surface area contributed by atoms with Gasteiger partial charge in [-0.2, -0.15) is 0 Å². The molecule has 0 amide bonds. The van der Waals surface area contributed by atoms with Crippen LogP contribution < -0.4 is 11.5 Å². The molecule has 0 saturated carbocycles. The van der Waals surface area contributed by atoms with E-state index in [1.54, 1.807) is 0 Å². The van der Waals surface area contributed by atoms with Gasteiger partial charge < -0.3 is 11.5 Å². The Hall–Kier alpha value is -3.24. The van der Waals surface area contributed by atoms with Gasteiger partial charge in [0.25, 0.3) is 0 Å². The first-order chi connectivity index (χ1) is 18.1. The van der Waals surface area contributed by atoms with Crippen LogP contribution in [0.4, 0.5) is 0 Å². The summed E-state index contributed by atoms with van der Waals surface area (Å²) in [6.45, 7) is 2.53. The standard InChI is InChI=1S/C34H41N3/c35-22-13-23-37(28-32-20-11-4-12-21-32)33(24-29-14-5-1-6-15-29)27-34(36,25-30-16-7-2-8-17-30)26-31-18-9-3-10-19-31/h1-12,14-21,33H,13,22-28,35-36H2. The van der Waals surface area contributed by atoms with Crippen LogP contribution in [0.15, 0.2) is 121 Å². The summed E-state index contributed by atoms with van der Waals surface area (Å²) in [4.78, 5) is 2.62. The molecular weight excluding hydrogens is 450 g/mol. The highest BCUT2D eigenvalue weighted by molar-refractivity contribution is 5.24. The molecule has 4 rings (SSSR count). The molecule has 0 aliphatic carbocycles. The molecule has 0 aromatic heterocycles. The van der Waals surface area contributed by atoms with Gasteiger partial charge in [-0.3, -0.25) is 4.90 Å². The van der Waals surface area contributed by atoms with Gasteiger partial charge in [-0.05, 0) is 67.4 Å². The Labute approximate surface area is 223 Å². The van der Waals surface area contributed by atoms with Crippen molar-refractivity contribution in [3.05, 3.63) is 144 Å². The summed E-state index contributed by atoms with van der Waals surface area (Å²) in [5, 5.41) is 0. The Bertz CT molecular complexity index is 1110. The van der Waals surface area contributed by atoms with Crippen molar-refractivity contribution in [2.45, 2.75) is 50.2 Å². The van der Waals surface area contributed by atoms with Crippen LogP contribution in [0.3, 0.4) is 0 Å². The van der Waals surface area contributed by atoms with Crippen molar-refractivity contribution >= 4 is 0 Å². The molecule has 0 fully saturated rings. The molecule has 4 N–H and O–H groups in total. The first kappa shape index (κ1) is 26.8. The van der Waals surface area contributed by atoms with E-state index < -0.39 is 0 Å². The predicted octanol–water partition coefficient (Wildman–Crippen LogP) is 6.02. The average Bonchev–Trinajstić information content (AvgIpc) is 2.93. The fourth-order valence-electron chi connectivity index (χ4n) is 5.40. The molecule has 1 unspecified atom stereocenters. The van der Waals surface area contributed by atoms with Crippen molar-refractivity contribution in [3.8, 4) is 0 Å². The zero-order valence-electron chi connectivity index (χ0n) is 21.9. The molecule has 0 aliphatic heterocycles. The number of rotatable bonds is 14. The molecule has 0 saturated heterocycles. The normalized spacial score (nSPS) is 12.5. The second kappa shape index (κ2) is 13.9. The van der Waals surface area contributed by atoms with Gasteiger partial charge in [-0.25, -0.2) is 0 Å². The molecule has 3 nitrogen and oxygen atoms in total. The van der Waals surface area contributed by atoms with Crippen molar-refractivity contribution in [2.24, 2.45) is 11.5 Å². The van der Waals surface area contributed by atoms with Gasteiger partial charge in [-0.15, -0.1) is 0 Å². The molecule has 192 valence electrons. The van der Waals surface area contributed by atoms with Crippen molar-refractivity contribution < 1.29 is 0 Å². The highest BCUT2D eigenvalue weighted by atomic mass is 15.2. The van der Waals surface area contributed by atoms with E-state index in [-0.39, 0.29) is 11.6 Å². The number of benzene rings is 4. The van der Waals surface area contributed by atoms with Crippen molar-refractivity contribution in [2.75, 3.05) is 13.1 Å². The Morgan fingerprint density at radius 3 is 1.49 bits per heavy atom. The summed E-state index contributed by atoms with van der Waals surface area (Å²) < 4.78 is 0. The Kier molecular flexibility index (Phi) is 10.1. The third-order valence-electron chi connectivity index (χ3n) is 7.15. The van der Waals surface area contributed by atoms with E-state index in [1.165, 1.54) is 22.3 Å². The van der Waals surface area contributed by atoms with Crippen LogP contribution in [0.25, 0.3) is 0 Å². The van der Waals surface area contributed by atoms with Gasteiger partial charge in [0.1, 0.15) is 0 Å². The molecule has 4 aromatic rings. The van der Waals surface area contributed by atoms with Crippen LogP contribution in [-0.4, -0.2) is 29.6 Å². The van der Waals surface area contributed by atoms with E-state index in [0.717, 1.165) is 45.2 Å². The van der Waals surface area contributed by atoms with E-state index in [9.17, 15) is 0 Å². The molecule has 0 bridgehead atoms. The minimum Gasteiger partial charge on any atom is -0.330 e. The largest absolute Gasteiger partial charge is 0.330 e. The quantitative estimate of drug-likeness (QED) is 0.227. The summed E-state index contributed by atoms with van der Waals surface area (Å²) in [6.07, 6.45) is 4.49. The van der Waals surface area contributed by atoms with E-state index in [4.69, 9.17) is 11.5 Å². The summed E-state index contributed by atoms with van der Waals surface area (Å²) in [7, 11) is 0. The average molecular weight is 492 g/mol. The van der Waals surface area contributed by atoms with E-state index in [2.05, 4.69) is 126 Å². The molecule has 37 heavy (non-hydrogen) atoms. The molecule has 4 aromatic carbocycles. The molecule has 1 atom stereocenters. The molecule has 0 heterocycles. The van der Waals surface area contributed by atoms with Gasteiger partial charge in [0, 0.05) is 18.1 Å². The number of hydrogen-bond acceptors (Lipinski definition) is 3. The minimum absolute atomic E-state index is 0.284. The zero-order chi connectivity index (χ0) is 25.8. The Morgan fingerprint density at radius 1 is 0.595 bits per heavy atom. The maximum Gasteiger partial charge on any atom is 0.0251 e. The van der Waals surface area contributed by atoms with Crippen LogP contribution in [0.5, 0.6) is 0 Å². The first-order valence-corrected chi connectivity index (χ1v) is 13.5. The summed E-state index contributed by atoms with van der Waals surface area (Å²) in [5.41, 5.74) is 18.3. The van der Waals surface area contributed by atoms with Crippen LogP contribution in [-0.2, 0) is 25.8 Å². The number of nitrogens with zero attached hydrogens (tertiary/aromatic N) is 1. The monoisotopic (exact) mass is 491 g/mol. The van der Waals surface area contributed by atoms with Gasteiger partial charge in [0.05, 0.1) is 0 Å². The summed E-state index contributed by atoms with van der Waals surface area (Å²) in [5.74, 6) is 0. The SMILES string of the molecule is NCCCN(Cc1ccccc1)C(Cc1ccccc1)CC(N)(Cc1ccccc1)Cc1ccccc1. The second-order valence-corrected chi connectivity index (χ2v) is 10.3. The summed E-state index contributed by atoms with van der Waals surface area (Å²) in [6, 6.07) is 43.3. The predicted molar refractivity (Wildman–Crippen MR) is 156 cm³/mol. The molecule has 0 spiro atoms. The Balaban J connectivity index is 1.67. The molecular formula is C34H41N3. The maximum atomic E-state index is 7.43. The van der Waals surface area contributed by atoms with Crippen LogP contribution in [0.1, 0.15) is 35.1 Å². The second-order valence-electron chi connectivity index (χ2n) is 10.3. The molecule has 3 heteroatoms. The highest BCUT2D eigenvalue weighted by Gasteiger charge is 2.32. The van der Waals surface area contributed by atoms with Crippen LogP contribution in [0, 0.1) is 0 Å². The third-order valence-corrected chi connectivity index (χ3v) is 7.15. The van der Waals surface area contributed by atoms with Crippen LogP contribution in [0.2, 0.25) is 0 Å². The van der Waals surface area contributed by atoms with Crippen molar-refractivity contribution in [1.82, 2.24) is 4.90 Å². The van der Waals surface area contributed by atoms with Crippen molar-refractivity contribution in [1.29, 1.82) is 0 Å². The lowest BCUT2D eigenvalue weighted by atomic mass is 9.79. The highest BCUT2D eigenvalue weighted by Crippen LogP contribution is 2.27. The lowest BCUT2D eigenvalue weighted by molar-refractivity contribution is 0.146. The fraction of sp³-hybridized carbons (Fsp3) is 0.294. The number of hydrogen-bond donors (Lipinski definition) is 2. The van der Waals surface area contributed by atoms with Gasteiger partial charge in [0.15, 0.2) is 0 Å². The smallest absolute Gasteiger partial charge is 0.0251 e. The minimum atomic E-state index is -0.389. The number of nitrogens with two attached hydrogens (primary N) is 2. The van der Waals surface area contributed by atoms with Gasteiger partial charge in [0.2, 0.25) is 0 Å². The zero-order valence-corrected chi connectivity index (χ0v) is 21.9.